The van der Waals surface area contributed by atoms with Crippen molar-refractivity contribution in [1.29, 1.82) is 0 Å². The van der Waals surface area contributed by atoms with Crippen LogP contribution in [0.3, 0.4) is 0 Å². The average Bonchev–Trinajstić information content (AvgIpc) is 2.96. The van der Waals surface area contributed by atoms with E-state index in [1.807, 2.05) is 19.1 Å². The van der Waals surface area contributed by atoms with Crippen LogP contribution in [0.1, 0.15) is 19.2 Å². The molecule has 0 aliphatic carbocycles. The van der Waals surface area contributed by atoms with Crippen LogP contribution in [-0.2, 0) is 11.3 Å². The lowest BCUT2D eigenvalue weighted by atomic mass is 9.99. The molecule has 2 rings (SSSR count). The van der Waals surface area contributed by atoms with Crippen LogP contribution in [0.5, 0.6) is 0 Å². The van der Waals surface area contributed by atoms with Gasteiger partial charge >= 0.3 is 0 Å². The lowest BCUT2D eigenvalue weighted by molar-refractivity contribution is 0.0948. The van der Waals surface area contributed by atoms with Crippen LogP contribution in [-0.4, -0.2) is 41.1 Å². The first-order chi connectivity index (χ1) is 10.6. The van der Waals surface area contributed by atoms with Gasteiger partial charge < -0.3 is 19.7 Å². The third-order valence-corrected chi connectivity index (χ3v) is 3.62. The molecule has 0 spiro atoms. The Morgan fingerprint density at radius 2 is 2.09 bits per heavy atom. The van der Waals surface area contributed by atoms with Gasteiger partial charge in [-0.05, 0) is 37.6 Å². The number of hydrogen-bond acceptors (Lipinski definition) is 6. The number of nitrogens with one attached hydrogen (secondary N) is 1. The largest absolute Gasteiger partial charge is 0.396 e. The Kier molecular flexibility index (Phi) is 5.90. The molecule has 0 amide bonds. The second kappa shape index (κ2) is 7.69. The van der Waals surface area contributed by atoms with E-state index in [2.05, 4.69) is 15.5 Å². The van der Waals surface area contributed by atoms with Gasteiger partial charge in [0.2, 0.25) is 11.7 Å². The zero-order chi connectivity index (χ0) is 16.0. The molecule has 2 aromatic rings. The Morgan fingerprint density at radius 3 is 2.73 bits per heavy atom. The van der Waals surface area contributed by atoms with Crippen molar-refractivity contribution in [3.63, 3.8) is 0 Å². The van der Waals surface area contributed by atoms with E-state index >= 15 is 0 Å². The second-order valence-corrected chi connectivity index (χ2v) is 5.78. The topological polar surface area (TPSA) is 80.4 Å². The molecule has 1 aromatic heterocycles. The fourth-order valence-corrected chi connectivity index (χ4v) is 2.23. The molecule has 0 saturated heterocycles. The summed E-state index contributed by atoms with van der Waals surface area (Å²) in [6, 6.07) is 7.24. The summed E-state index contributed by atoms with van der Waals surface area (Å²) in [6.07, 6.45) is 0.568. The van der Waals surface area contributed by atoms with Gasteiger partial charge in [-0.25, -0.2) is 0 Å². The smallest absolute Gasteiger partial charge is 0.240 e. The molecule has 2 N–H and O–H groups in total. The minimum absolute atomic E-state index is 0.0761. The molecule has 22 heavy (non-hydrogen) atoms. The highest BCUT2D eigenvalue weighted by Gasteiger charge is 2.24. The van der Waals surface area contributed by atoms with E-state index < -0.39 is 0 Å². The van der Waals surface area contributed by atoms with E-state index in [9.17, 15) is 0 Å². The number of nitrogens with zero attached hydrogens (tertiary/aromatic N) is 2. The van der Waals surface area contributed by atoms with Crippen molar-refractivity contribution >= 4 is 11.6 Å². The van der Waals surface area contributed by atoms with Gasteiger partial charge in [-0.15, -0.1) is 0 Å². The minimum atomic E-state index is -0.349. The third kappa shape index (κ3) is 4.51. The molecule has 0 fully saturated rings. The van der Waals surface area contributed by atoms with E-state index in [-0.39, 0.29) is 12.1 Å². The summed E-state index contributed by atoms with van der Waals surface area (Å²) < 4.78 is 10.4. The summed E-state index contributed by atoms with van der Waals surface area (Å²) >= 11 is 5.86. The molecular weight excluding hydrogens is 306 g/mol. The Labute approximate surface area is 134 Å². The number of aliphatic hydroxyl groups excluding tert-OH is 1. The summed E-state index contributed by atoms with van der Waals surface area (Å²) in [5.74, 6) is 0.995. The van der Waals surface area contributed by atoms with Gasteiger partial charge in [0.15, 0.2) is 0 Å². The van der Waals surface area contributed by atoms with Crippen molar-refractivity contribution in [3.05, 3.63) is 35.2 Å². The molecule has 0 aliphatic heterocycles. The van der Waals surface area contributed by atoms with Crippen molar-refractivity contribution in [2.24, 2.45) is 0 Å². The Balaban J connectivity index is 2.01. The highest BCUT2D eigenvalue weighted by atomic mass is 35.5. The number of aliphatic hydroxyl groups is 1. The minimum Gasteiger partial charge on any atom is -0.396 e. The van der Waals surface area contributed by atoms with Crippen molar-refractivity contribution in [3.8, 4) is 11.4 Å². The molecule has 120 valence electrons. The van der Waals surface area contributed by atoms with E-state index in [1.165, 1.54) is 0 Å². The Bertz CT molecular complexity index is 580. The summed E-state index contributed by atoms with van der Waals surface area (Å²) in [5, 5.41) is 17.0. The predicted octanol–water partition coefficient (Wildman–Crippen LogP) is 2.27. The number of methoxy groups -OCH3 is 1. The van der Waals surface area contributed by atoms with E-state index in [0.29, 0.717) is 36.3 Å². The maximum Gasteiger partial charge on any atom is 0.240 e. The molecule has 1 unspecified atom stereocenters. The van der Waals surface area contributed by atoms with Crippen molar-refractivity contribution in [2.45, 2.75) is 25.4 Å². The molecule has 0 saturated carbocycles. The van der Waals surface area contributed by atoms with Crippen LogP contribution in [0.15, 0.2) is 28.8 Å². The Morgan fingerprint density at radius 1 is 1.36 bits per heavy atom. The van der Waals surface area contributed by atoms with Crippen LogP contribution in [0, 0.1) is 0 Å². The molecule has 1 heterocycles. The van der Waals surface area contributed by atoms with Gasteiger partial charge in [0, 0.05) is 29.8 Å². The van der Waals surface area contributed by atoms with Gasteiger partial charge in [0.05, 0.1) is 13.2 Å². The van der Waals surface area contributed by atoms with Gasteiger partial charge in [0.1, 0.15) is 0 Å². The molecule has 0 radical (unpaired) electrons. The molecule has 1 atom stereocenters. The number of rotatable bonds is 8. The van der Waals surface area contributed by atoms with Gasteiger partial charge in [-0.2, -0.15) is 4.98 Å². The fraction of sp³-hybridized carbons (Fsp3) is 0.467. The highest BCUT2D eigenvalue weighted by molar-refractivity contribution is 6.30. The quantitative estimate of drug-likeness (QED) is 0.775. The first kappa shape index (κ1) is 16.9. The van der Waals surface area contributed by atoms with Crippen LogP contribution < -0.4 is 5.32 Å². The second-order valence-electron chi connectivity index (χ2n) is 5.34. The molecule has 0 bridgehead atoms. The average molecular weight is 326 g/mol. The van der Waals surface area contributed by atoms with Crippen molar-refractivity contribution in [2.75, 3.05) is 20.3 Å². The number of halogens is 1. The van der Waals surface area contributed by atoms with Crippen LogP contribution in [0.4, 0.5) is 0 Å². The lowest BCUT2D eigenvalue weighted by Crippen LogP contribution is -2.46. The monoisotopic (exact) mass is 325 g/mol. The van der Waals surface area contributed by atoms with Gasteiger partial charge in [-0.1, -0.05) is 16.8 Å². The van der Waals surface area contributed by atoms with Crippen LogP contribution in [0.2, 0.25) is 5.02 Å². The first-order valence-corrected chi connectivity index (χ1v) is 7.37. The lowest BCUT2D eigenvalue weighted by Gasteiger charge is -2.28. The van der Waals surface area contributed by atoms with Gasteiger partial charge in [0.25, 0.3) is 0 Å². The zero-order valence-corrected chi connectivity index (χ0v) is 13.4. The van der Waals surface area contributed by atoms with Crippen LogP contribution >= 0.6 is 11.6 Å². The predicted molar refractivity (Wildman–Crippen MR) is 83.6 cm³/mol. The Hall–Kier alpha value is -1.47. The number of aromatic nitrogens is 2. The van der Waals surface area contributed by atoms with Crippen molar-refractivity contribution < 1.29 is 14.4 Å². The van der Waals surface area contributed by atoms with E-state index in [4.69, 9.17) is 26.0 Å². The summed E-state index contributed by atoms with van der Waals surface area (Å²) in [4.78, 5) is 4.35. The molecule has 6 nitrogen and oxygen atoms in total. The number of hydrogen-bond donors (Lipinski definition) is 2. The zero-order valence-electron chi connectivity index (χ0n) is 12.7. The van der Waals surface area contributed by atoms with Crippen molar-refractivity contribution in [1.82, 2.24) is 15.5 Å². The summed E-state index contributed by atoms with van der Waals surface area (Å²) in [7, 11) is 1.63. The summed E-state index contributed by atoms with van der Waals surface area (Å²) in [5.41, 5.74) is 0.493. The standard InChI is InChI=1S/C15H20ClN3O3/c1-15(7-8-20,10-21-2)17-9-13-18-14(19-22-13)11-3-5-12(16)6-4-11/h3-6,17,20H,7-10H2,1-2H3. The molecular formula is C15H20ClN3O3. The maximum atomic E-state index is 9.14. The van der Waals surface area contributed by atoms with E-state index in [0.717, 1.165) is 5.56 Å². The summed E-state index contributed by atoms with van der Waals surface area (Å²) in [6.45, 7) is 2.93. The normalized spacial score (nSPS) is 14.0. The molecule has 0 aliphatic rings. The molecule has 1 aromatic carbocycles. The third-order valence-electron chi connectivity index (χ3n) is 3.36. The van der Waals surface area contributed by atoms with E-state index in [1.54, 1.807) is 19.2 Å². The van der Waals surface area contributed by atoms with Gasteiger partial charge in [-0.3, -0.25) is 0 Å². The number of benzene rings is 1. The molecule has 7 heteroatoms. The fourth-order valence-electron chi connectivity index (χ4n) is 2.11. The SMILES string of the molecule is COCC(C)(CCO)NCc1nc(-c2ccc(Cl)cc2)no1. The number of ether oxygens (including phenoxy) is 1. The first-order valence-electron chi connectivity index (χ1n) is 7.00. The van der Waals surface area contributed by atoms with Crippen LogP contribution in [0.25, 0.3) is 11.4 Å². The maximum absolute atomic E-state index is 9.14. The highest BCUT2D eigenvalue weighted by Crippen LogP contribution is 2.19.